The molecule has 0 spiro atoms. The van der Waals surface area contributed by atoms with Crippen molar-refractivity contribution < 1.29 is 9.84 Å². The molecule has 1 heterocycles. The first kappa shape index (κ1) is 13.5. The maximum atomic E-state index is 9.10. The molecule has 0 bridgehead atoms. The maximum Gasteiger partial charge on any atom is 0.135 e. The van der Waals surface area contributed by atoms with Crippen LogP contribution in [-0.4, -0.2) is 48.5 Å². The lowest BCUT2D eigenvalue weighted by Gasteiger charge is -2.22. The highest BCUT2D eigenvalue weighted by Gasteiger charge is 2.27. The second-order valence-corrected chi connectivity index (χ2v) is 4.77. The molecule has 0 unspecified atom stereocenters. The van der Waals surface area contributed by atoms with Gasteiger partial charge in [0.1, 0.15) is 16.8 Å². The van der Waals surface area contributed by atoms with Crippen LogP contribution in [0, 0.1) is 0 Å². The summed E-state index contributed by atoms with van der Waals surface area (Å²) in [6.45, 7) is 1.85. The first-order chi connectivity index (χ1) is 8.74. The number of aliphatic hydroxyl groups excluding tert-OH is 1. The first-order valence-corrected chi connectivity index (χ1v) is 6.51. The fourth-order valence-electron chi connectivity index (χ4n) is 1.77. The Labute approximate surface area is 112 Å². The SMILES string of the molecule is COCCN(CCO)c1cc(Cl)nc(C2CC2)n1. The second-order valence-electron chi connectivity index (χ2n) is 4.38. The number of hydrogen-bond acceptors (Lipinski definition) is 5. The Bertz CT molecular complexity index is 399. The fourth-order valence-corrected chi connectivity index (χ4v) is 1.96. The zero-order chi connectivity index (χ0) is 13.0. The number of anilines is 1. The van der Waals surface area contributed by atoms with Crippen LogP contribution in [0.1, 0.15) is 24.6 Å². The normalized spacial score (nSPS) is 14.8. The molecule has 5 nitrogen and oxygen atoms in total. The van der Waals surface area contributed by atoms with Gasteiger partial charge in [-0.05, 0) is 12.8 Å². The van der Waals surface area contributed by atoms with E-state index in [9.17, 15) is 0 Å². The van der Waals surface area contributed by atoms with Gasteiger partial charge < -0.3 is 14.7 Å². The minimum Gasteiger partial charge on any atom is -0.395 e. The summed E-state index contributed by atoms with van der Waals surface area (Å²) in [6, 6.07) is 1.73. The van der Waals surface area contributed by atoms with Crippen molar-refractivity contribution in [2.24, 2.45) is 0 Å². The predicted molar refractivity (Wildman–Crippen MR) is 70.2 cm³/mol. The van der Waals surface area contributed by atoms with Crippen LogP contribution in [0.4, 0.5) is 5.82 Å². The monoisotopic (exact) mass is 271 g/mol. The smallest absolute Gasteiger partial charge is 0.135 e. The number of nitrogens with zero attached hydrogens (tertiary/aromatic N) is 3. The van der Waals surface area contributed by atoms with Gasteiger partial charge in [0.2, 0.25) is 0 Å². The molecule has 1 saturated carbocycles. The molecule has 1 N–H and O–H groups in total. The summed E-state index contributed by atoms with van der Waals surface area (Å²) in [7, 11) is 1.65. The van der Waals surface area contributed by atoms with E-state index in [0.717, 1.165) is 24.5 Å². The Morgan fingerprint density at radius 1 is 1.44 bits per heavy atom. The molecule has 2 rings (SSSR count). The number of hydrogen-bond donors (Lipinski definition) is 1. The summed E-state index contributed by atoms with van der Waals surface area (Å²) < 4.78 is 5.06. The van der Waals surface area contributed by atoms with Crippen molar-refractivity contribution in [3.63, 3.8) is 0 Å². The highest BCUT2D eigenvalue weighted by molar-refractivity contribution is 6.29. The Hall–Kier alpha value is -0.910. The Kier molecular flexibility index (Phi) is 4.74. The molecular formula is C12H18ClN3O2. The van der Waals surface area contributed by atoms with Gasteiger partial charge in [0.05, 0.1) is 13.2 Å². The summed E-state index contributed by atoms with van der Waals surface area (Å²) in [5.74, 6) is 2.04. The molecule has 1 aromatic heterocycles. The maximum absolute atomic E-state index is 9.10. The van der Waals surface area contributed by atoms with Crippen molar-refractivity contribution in [2.45, 2.75) is 18.8 Å². The van der Waals surface area contributed by atoms with Crippen molar-refractivity contribution >= 4 is 17.4 Å². The lowest BCUT2D eigenvalue weighted by molar-refractivity contribution is 0.202. The molecular weight excluding hydrogens is 254 g/mol. The van der Waals surface area contributed by atoms with E-state index in [1.807, 2.05) is 4.90 Å². The van der Waals surface area contributed by atoms with Gasteiger partial charge in [-0.2, -0.15) is 0 Å². The molecule has 18 heavy (non-hydrogen) atoms. The quantitative estimate of drug-likeness (QED) is 0.761. The number of rotatable bonds is 7. The highest BCUT2D eigenvalue weighted by Crippen LogP contribution is 2.39. The molecule has 100 valence electrons. The van der Waals surface area contributed by atoms with Gasteiger partial charge in [-0.25, -0.2) is 9.97 Å². The zero-order valence-electron chi connectivity index (χ0n) is 10.5. The van der Waals surface area contributed by atoms with Crippen LogP contribution in [0.25, 0.3) is 0 Å². The second kappa shape index (κ2) is 6.31. The van der Waals surface area contributed by atoms with Gasteiger partial charge in [-0.3, -0.25) is 0 Å². The first-order valence-electron chi connectivity index (χ1n) is 6.14. The number of ether oxygens (including phenoxy) is 1. The van der Waals surface area contributed by atoms with E-state index in [2.05, 4.69) is 9.97 Å². The van der Waals surface area contributed by atoms with Crippen molar-refractivity contribution in [1.29, 1.82) is 0 Å². The number of methoxy groups -OCH3 is 1. The van der Waals surface area contributed by atoms with E-state index in [1.165, 1.54) is 0 Å². The average Bonchev–Trinajstić information content (AvgIpc) is 3.17. The van der Waals surface area contributed by atoms with Crippen molar-refractivity contribution in [3.8, 4) is 0 Å². The predicted octanol–water partition coefficient (Wildman–Crippen LogP) is 1.45. The summed E-state index contributed by atoms with van der Waals surface area (Å²) >= 11 is 6.03. The largest absolute Gasteiger partial charge is 0.395 e. The van der Waals surface area contributed by atoms with E-state index in [-0.39, 0.29) is 6.61 Å². The van der Waals surface area contributed by atoms with Gasteiger partial charge in [0.15, 0.2) is 0 Å². The molecule has 1 aliphatic carbocycles. The van der Waals surface area contributed by atoms with Crippen molar-refractivity contribution in [1.82, 2.24) is 9.97 Å². The van der Waals surface area contributed by atoms with Crippen LogP contribution in [0.15, 0.2) is 6.07 Å². The molecule has 0 atom stereocenters. The fraction of sp³-hybridized carbons (Fsp3) is 0.667. The molecule has 0 saturated heterocycles. The molecule has 1 aromatic rings. The minimum absolute atomic E-state index is 0.0735. The minimum atomic E-state index is 0.0735. The molecule has 6 heteroatoms. The van der Waals surface area contributed by atoms with E-state index < -0.39 is 0 Å². The van der Waals surface area contributed by atoms with Gasteiger partial charge in [-0.1, -0.05) is 11.6 Å². The Balaban J connectivity index is 2.16. The number of aliphatic hydroxyl groups is 1. The van der Waals surface area contributed by atoms with Crippen LogP contribution in [0.5, 0.6) is 0 Å². The van der Waals surface area contributed by atoms with E-state index in [0.29, 0.717) is 30.8 Å². The van der Waals surface area contributed by atoms with E-state index >= 15 is 0 Å². The summed E-state index contributed by atoms with van der Waals surface area (Å²) in [5.41, 5.74) is 0. The molecule has 0 amide bonds. The number of aromatic nitrogens is 2. The van der Waals surface area contributed by atoms with Gasteiger partial charge in [0.25, 0.3) is 0 Å². The summed E-state index contributed by atoms with van der Waals surface area (Å²) in [4.78, 5) is 10.7. The van der Waals surface area contributed by atoms with Gasteiger partial charge in [0, 0.05) is 32.2 Å². The molecule has 1 fully saturated rings. The lowest BCUT2D eigenvalue weighted by Crippen LogP contribution is -2.31. The summed E-state index contributed by atoms with van der Waals surface area (Å²) in [6.07, 6.45) is 2.27. The topological polar surface area (TPSA) is 58.5 Å². The van der Waals surface area contributed by atoms with Crippen LogP contribution in [0.2, 0.25) is 5.15 Å². The van der Waals surface area contributed by atoms with Crippen molar-refractivity contribution in [2.75, 3.05) is 38.3 Å². The average molecular weight is 272 g/mol. The molecule has 1 aliphatic rings. The Morgan fingerprint density at radius 2 is 2.22 bits per heavy atom. The van der Waals surface area contributed by atoms with Crippen molar-refractivity contribution in [3.05, 3.63) is 17.0 Å². The van der Waals surface area contributed by atoms with E-state index in [1.54, 1.807) is 13.2 Å². The van der Waals surface area contributed by atoms with Crippen LogP contribution >= 0.6 is 11.6 Å². The summed E-state index contributed by atoms with van der Waals surface area (Å²) in [5, 5.41) is 9.56. The van der Waals surface area contributed by atoms with Gasteiger partial charge in [-0.15, -0.1) is 0 Å². The zero-order valence-corrected chi connectivity index (χ0v) is 11.2. The molecule has 0 aromatic carbocycles. The van der Waals surface area contributed by atoms with Crippen LogP contribution < -0.4 is 4.90 Å². The lowest BCUT2D eigenvalue weighted by atomic mass is 10.3. The molecule has 0 aliphatic heterocycles. The Morgan fingerprint density at radius 3 is 2.83 bits per heavy atom. The molecule has 0 radical (unpaired) electrons. The van der Waals surface area contributed by atoms with Crippen LogP contribution in [0.3, 0.4) is 0 Å². The highest BCUT2D eigenvalue weighted by atomic mass is 35.5. The van der Waals surface area contributed by atoms with Gasteiger partial charge >= 0.3 is 0 Å². The standard InChI is InChI=1S/C12H18ClN3O2/c1-18-7-5-16(4-6-17)11-8-10(13)14-12(15-11)9-2-3-9/h8-9,17H,2-7H2,1H3. The third kappa shape index (κ3) is 3.54. The van der Waals surface area contributed by atoms with E-state index in [4.69, 9.17) is 21.4 Å². The third-order valence-electron chi connectivity index (χ3n) is 2.90. The third-order valence-corrected chi connectivity index (χ3v) is 3.09. The number of halogens is 1. The van der Waals surface area contributed by atoms with Crippen LogP contribution in [-0.2, 0) is 4.74 Å².